The molecule has 12 heteroatoms. The van der Waals surface area contributed by atoms with Gasteiger partial charge in [0.05, 0.1) is 16.3 Å². The van der Waals surface area contributed by atoms with E-state index in [1.807, 2.05) is 19.9 Å². The topological polar surface area (TPSA) is 115 Å². The van der Waals surface area contributed by atoms with E-state index in [9.17, 15) is 23.2 Å². The first kappa shape index (κ1) is 30.3. The van der Waals surface area contributed by atoms with Gasteiger partial charge in [0, 0.05) is 18.6 Å². The number of ether oxygens (including phenoxy) is 1. The average Bonchev–Trinajstić information content (AvgIpc) is 3.16. The van der Waals surface area contributed by atoms with E-state index in [0.29, 0.717) is 25.1 Å². The van der Waals surface area contributed by atoms with Crippen LogP contribution in [0.15, 0.2) is 53.4 Å². The number of rotatable bonds is 11. The Morgan fingerprint density at radius 2 is 1.89 bits per heavy atom. The van der Waals surface area contributed by atoms with Gasteiger partial charge in [-0.2, -0.15) is 5.26 Å². The van der Waals surface area contributed by atoms with Crippen molar-refractivity contribution in [3.8, 4) is 11.8 Å². The zero-order valence-electron chi connectivity index (χ0n) is 20.0. The Kier molecular flexibility index (Phi) is 10.9. The maximum Gasteiger partial charge on any atom is 0.253 e. The fourth-order valence-corrected chi connectivity index (χ4v) is 5.15. The summed E-state index contributed by atoms with van der Waals surface area (Å²) in [6.45, 7) is 4.62. The monoisotopic (exact) mass is 560 g/mol. The summed E-state index contributed by atoms with van der Waals surface area (Å²) in [5.74, 6) is 0.128. The van der Waals surface area contributed by atoms with Gasteiger partial charge in [-0.25, -0.2) is 17.8 Å². The molecule has 0 spiro atoms. The van der Waals surface area contributed by atoms with E-state index in [-0.39, 0.29) is 41.8 Å². The Morgan fingerprint density at radius 1 is 1.25 bits per heavy atom. The number of alkyl halides is 1. The fraction of sp³-hybridized carbons (Fsp3) is 0.458. The average molecular weight is 562 g/mol. The van der Waals surface area contributed by atoms with Crippen LogP contribution in [0.1, 0.15) is 25.8 Å². The number of aliphatic hydroxyl groups excluding tert-OH is 1. The molecule has 1 saturated heterocycles. The van der Waals surface area contributed by atoms with Crippen LogP contribution in [0.3, 0.4) is 0 Å². The van der Waals surface area contributed by atoms with E-state index in [1.54, 1.807) is 12.1 Å². The third kappa shape index (κ3) is 8.56. The molecule has 2 aromatic rings. The third-order valence-electron chi connectivity index (χ3n) is 5.65. The second-order valence-corrected chi connectivity index (χ2v) is 11.4. The first-order valence-electron chi connectivity index (χ1n) is 11.2. The number of benzene rings is 2. The van der Waals surface area contributed by atoms with Gasteiger partial charge in [0.25, 0.3) is 10.0 Å². The number of β-amino-alcohol motifs (C(OH)–C–C–N with tert-alkyl or cyclic N) is 1. The van der Waals surface area contributed by atoms with E-state index in [2.05, 4.69) is 10.1 Å². The third-order valence-corrected chi connectivity index (χ3v) is 7.47. The zero-order chi connectivity index (χ0) is 25.6. The lowest BCUT2D eigenvalue weighted by molar-refractivity contribution is 0.0988. The number of hydrogen-bond donors (Lipinski definition) is 3. The maximum atomic E-state index is 13.1. The van der Waals surface area contributed by atoms with Gasteiger partial charge in [0.15, 0.2) is 0 Å². The molecule has 36 heavy (non-hydrogen) atoms. The molecular formula is C24H31Cl2FN4O4S. The first-order chi connectivity index (χ1) is 16.5. The number of halogens is 3. The van der Waals surface area contributed by atoms with Gasteiger partial charge >= 0.3 is 0 Å². The molecule has 0 bridgehead atoms. The van der Waals surface area contributed by atoms with Crippen LogP contribution in [0.4, 0.5) is 4.39 Å². The normalized spacial score (nSPS) is 19.3. The van der Waals surface area contributed by atoms with Crippen LogP contribution in [0, 0.1) is 17.1 Å². The Bertz CT molecular complexity index is 1130. The molecule has 3 atom stereocenters. The number of sulfonamides is 1. The molecule has 1 aliphatic heterocycles. The van der Waals surface area contributed by atoms with Crippen molar-refractivity contribution in [1.82, 2.24) is 15.2 Å². The quantitative estimate of drug-likeness (QED) is 0.362. The molecule has 1 aliphatic rings. The van der Waals surface area contributed by atoms with Gasteiger partial charge in [-0.1, -0.05) is 12.1 Å². The summed E-state index contributed by atoms with van der Waals surface area (Å²) in [6.07, 6.45) is 0.368. The predicted octanol–water partition coefficient (Wildman–Crippen LogP) is 3.00. The largest absolute Gasteiger partial charge is 0.491 e. The molecule has 1 fully saturated rings. The SMILES string of the molecule is CC(C)(Cc1ccc(F)cc1)NC[C@@H](O)COc1ccc(S(=O)(=O)NN2CCC(Cl)C2C#N)cc1.Cl. The lowest BCUT2D eigenvalue weighted by atomic mass is 9.94. The molecule has 0 amide bonds. The van der Waals surface area contributed by atoms with Gasteiger partial charge in [-0.05, 0) is 68.7 Å². The number of nitrogens with one attached hydrogen (secondary N) is 2. The van der Waals surface area contributed by atoms with Crippen molar-refractivity contribution < 1.29 is 22.7 Å². The molecule has 0 aromatic heterocycles. The summed E-state index contributed by atoms with van der Waals surface area (Å²) in [5, 5.41) is 23.7. The minimum Gasteiger partial charge on any atom is -0.491 e. The second-order valence-electron chi connectivity index (χ2n) is 9.17. The summed E-state index contributed by atoms with van der Waals surface area (Å²) in [5.41, 5.74) is 0.653. The highest BCUT2D eigenvalue weighted by molar-refractivity contribution is 7.89. The minimum atomic E-state index is -3.88. The van der Waals surface area contributed by atoms with Crippen molar-refractivity contribution in [2.75, 3.05) is 19.7 Å². The molecule has 0 aliphatic carbocycles. The molecule has 0 saturated carbocycles. The molecule has 1 heterocycles. The second kappa shape index (κ2) is 13.0. The predicted molar refractivity (Wildman–Crippen MR) is 138 cm³/mol. The Hall–Kier alpha value is -1.97. The van der Waals surface area contributed by atoms with Gasteiger partial charge in [0.1, 0.15) is 30.3 Å². The molecule has 3 rings (SSSR count). The van der Waals surface area contributed by atoms with Crippen molar-refractivity contribution in [2.45, 2.75) is 54.6 Å². The highest BCUT2D eigenvalue weighted by Crippen LogP contribution is 2.23. The molecule has 8 nitrogen and oxygen atoms in total. The van der Waals surface area contributed by atoms with Crippen LogP contribution in [0.25, 0.3) is 0 Å². The standard InChI is InChI=1S/C24H30ClFN4O4S.ClH/c1-24(2,13-17-3-5-18(26)6-4-17)28-15-19(31)16-34-20-7-9-21(10-8-20)35(32,33)29-30-12-11-22(25)23(30)14-27;/h3-10,19,22-23,28-29,31H,11-13,15-16H2,1-2H3;1H/t19-,22?,23?;/m1./s1. The number of nitrogens with zero attached hydrogens (tertiary/aromatic N) is 2. The maximum absolute atomic E-state index is 13.1. The molecule has 198 valence electrons. The van der Waals surface area contributed by atoms with Crippen molar-refractivity contribution >= 4 is 34.0 Å². The van der Waals surface area contributed by atoms with Gasteiger partial charge < -0.3 is 15.2 Å². The van der Waals surface area contributed by atoms with E-state index < -0.39 is 27.5 Å². The minimum absolute atomic E-state index is 0. The summed E-state index contributed by atoms with van der Waals surface area (Å²) in [7, 11) is -3.88. The summed E-state index contributed by atoms with van der Waals surface area (Å²) in [6, 6.07) is 13.4. The van der Waals surface area contributed by atoms with E-state index in [0.717, 1.165) is 5.56 Å². The van der Waals surface area contributed by atoms with Crippen LogP contribution in [0.2, 0.25) is 0 Å². The summed E-state index contributed by atoms with van der Waals surface area (Å²) >= 11 is 6.06. The summed E-state index contributed by atoms with van der Waals surface area (Å²) in [4.78, 5) is 2.43. The number of nitriles is 1. The van der Waals surface area contributed by atoms with Crippen molar-refractivity contribution in [2.24, 2.45) is 0 Å². The molecule has 2 aromatic carbocycles. The number of aliphatic hydroxyl groups is 1. The van der Waals surface area contributed by atoms with Crippen LogP contribution in [-0.4, -0.2) is 61.3 Å². The van der Waals surface area contributed by atoms with Crippen LogP contribution < -0.4 is 14.9 Å². The number of hydrogen-bond acceptors (Lipinski definition) is 7. The smallest absolute Gasteiger partial charge is 0.253 e. The van der Waals surface area contributed by atoms with Crippen LogP contribution >= 0.6 is 24.0 Å². The van der Waals surface area contributed by atoms with Crippen LogP contribution in [-0.2, 0) is 16.4 Å². The van der Waals surface area contributed by atoms with Gasteiger partial charge in [-0.3, -0.25) is 0 Å². The summed E-state index contributed by atoms with van der Waals surface area (Å²) < 4.78 is 44.0. The van der Waals surface area contributed by atoms with Crippen LogP contribution in [0.5, 0.6) is 5.75 Å². The highest BCUT2D eigenvalue weighted by Gasteiger charge is 2.35. The molecule has 3 N–H and O–H groups in total. The number of hydrazine groups is 1. The van der Waals surface area contributed by atoms with E-state index in [1.165, 1.54) is 41.4 Å². The van der Waals surface area contributed by atoms with Gasteiger partial charge in [-0.15, -0.1) is 28.8 Å². The van der Waals surface area contributed by atoms with E-state index >= 15 is 0 Å². The first-order valence-corrected chi connectivity index (χ1v) is 13.1. The van der Waals surface area contributed by atoms with E-state index in [4.69, 9.17) is 16.3 Å². The lowest BCUT2D eigenvalue weighted by Gasteiger charge is -2.28. The molecule has 0 radical (unpaired) electrons. The van der Waals surface area contributed by atoms with Crippen molar-refractivity contribution in [3.05, 3.63) is 59.9 Å². The molecular weight excluding hydrogens is 530 g/mol. The van der Waals surface area contributed by atoms with Crippen molar-refractivity contribution in [1.29, 1.82) is 5.26 Å². The zero-order valence-corrected chi connectivity index (χ0v) is 22.4. The van der Waals surface area contributed by atoms with Crippen molar-refractivity contribution in [3.63, 3.8) is 0 Å². The lowest BCUT2D eigenvalue weighted by Crippen LogP contribution is -2.46. The van der Waals surface area contributed by atoms with Gasteiger partial charge in [0.2, 0.25) is 0 Å². The Labute approximate surface area is 222 Å². The Balaban J connectivity index is 0.00000456. The highest BCUT2D eigenvalue weighted by atomic mass is 35.5. The Morgan fingerprint density at radius 3 is 2.50 bits per heavy atom. The molecule has 2 unspecified atom stereocenters. The fourth-order valence-electron chi connectivity index (χ4n) is 3.75.